The van der Waals surface area contributed by atoms with Gasteiger partial charge in [0, 0.05) is 19.8 Å². The van der Waals surface area contributed by atoms with Crippen LogP contribution in [0.3, 0.4) is 0 Å². The van der Waals surface area contributed by atoms with Gasteiger partial charge in [-0.1, -0.05) is 18.3 Å². The van der Waals surface area contributed by atoms with E-state index >= 15 is 0 Å². The molecular weight excluding hydrogens is 208 g/mol. The molecule has 0 radical (unpaired) electrons. The van der Waals surface area contributed by atoms with Crippen LogP contribution in [0.15, 0.2) is 18.7 Å². The highest BCUT2D eigenvalue weighted by molar-refractivity contribution is 7.18. The summed E-state index contributed by atoms with van der Waals surface area (Å²) >= 11 is 1.66. The second-order valence-corrected chi connectivity index (χ2v) is 4.38. The van der Waals surface area contributed by atoms with E-state index < -0.39 is 0 Å². The van der Waals surface area contributed by atoms with Crippen LogP contribution < -0.4 is 5.32 Å². The van der Waals surface area contributed by atoms with Gasteiger partial charge in [0.1, 0.15) is 0 Å². The topological polar surface area (TPSA) is 42.7 Å². The van der Waals surface area contributed by atoms with Gasteiger partial charge in [0.25, 0.3) is 0 Å². The molecule has 0 unspecified atom stereocenters. The van der Waals surface area contributed by atoms with Crippen molar-refractivity contribution in [3.63, 3.8) is 0 Å². The number of aromatic nitrogens is 3. The average Bonchev–Trinajstić information content (AvgIpc) is 2.83. The maximum atomic E-state index is 4.32. The van der Waals surface area contributed by atoms with E-state index in [2.05, 4.69) is 22.2 Å². The number of anilines is 1. The third kappa shape index (κ3) is 2.18. The fourth-order valence-electron chi connectivity index (χ4n) is 1.30. The quantitative estimate of drug-likeness (QED) is 0.863. The number of aryl methyl sites for hydroxylation is 1. The Kier molecular flexibility index (Phi) is 3.01. The van der Waals surface area contributed by atoms with Crippen LogP contribution >= 0.6 is 11.3 Å². The first-order valence-corrected chi connectivity index (χ1v) is 5.79. The minimum absolute atomic E-state index is 0.971. The minimum atomic E-state index is 0.971. The lowest BCUT2D eigenvalue weighted by Crippen LogP contribution is -1.97. The van der Waals surface area contributed by atoms with E-state index in [1.54, 1.807) is 17.7 Å². The summed E-state index contributed by atoms with van der Waals surface area (Å²) in [6, 6.07) is 0. The van der Waals surface area contributed by atoms with Crippen molar-refractivity contribution in [2.45, 2.75) is 13.3 Å². The van der Waals surface area contributed by atoms with E-state index in [9.17, 15) is 0 Å². The summed E-state index contributed by atoms with van der Waals surface area (Å²) in [4.78, 5) is 9.55. The Bertz CT molecular complexity index is 432. The zero-order chi connectivity index (χ0) is 10.7. The molecular formula is C10H14N4S. The molecule has 80 valence electrons. The van der Waals surface area contributed by atoms with Gasteiger partial charge in [-0.25, -0.2) is 9.97 Å². The van der Waals surface area contributed by atoms with E-state index in [0.29, 0.717) is 0 Å². The van der Waals surface area contributed by atoms with Crippen molar-refractivity contribution in [1.29, 1.82) is 0 Å². The van der Waals surface area contributed by atoms with Crippen molar-refractivity contribution in [3.05, 3.63) is 18.7 Å². The van der Waals surface area contributed by atoms with Gasteiger partial charge in [0.05, 0.1) is 23.1 Å². The van der Waals surface area contributed by atoms with Crippen molar-refractivity contribution >= 4 is 16.5 Å². The Balaban J connectivity index is 2.17. The smallest absolute Gasteiger partial charge is 0.183 e. The van der Waals surface area contributed by atoms with E-state index in [1.807, 2.05) is 24.0 Å². The molecule has 4 nitrogen and oxygen atoms in total. The molecule has 15 heavy (non-hydrogen) atoms. The number of hydrogen-bond acceptors (Lipinski definition) is 4. The molecule has 1 N–H and O–H groups in total. The molecule has 0 aliphatic rings. The predicted octanol–water partition coefficient (Wildman–Crippen LogP) is 2.37. The minimum Gasteiger partial charge on any atom is -0.362 e. The molecule has 0 amide bonds. The first-order valence-electron chi connectivity index (χ1n) is 4.97. The Morgan fingerprint density at radius 1 is 1.47 bits per heavy atom. The number of thiazole rings is 1. The predicted molar refractivity (Wildman–Crippen MR) is 63.1 cm³/mol. The molecule has 0 bridgehead atoms. The summed E-state index contributed by atoms with van der Waals surface area (Å²) in [7, 11) is 1.99. The van der Waals surface area contributed by atoms with Crippen molar-refractivity contribution < 1.29 is 0 Å². The molecule has 2 aromatic rings. The highest BCUT2D eigenvalue weighted by Crippen LogP contribution is 2.27. The highest BCUT2D eigenvalue weighted by atomic mass is 32.1. The Morgan fingerprint density at radius 3 is 3.00 bits per heavy atom. The fraction of sp³-hybridized carbons (Fsp3) is 0.400. The lowest BCUT2D eigenvalue weighted by atomic mass is 10.4. The van der Waals surface area contributed by atoms with Crippen LogP contribution in [-0.4, -0.2) is 21.1 Å². The van der Waals surface area contributed by atoms with Crippen LogP contribution in [0.2, 0.25) is 0 Å². The standard InChI is InChI=1S/C10H14N4S/c1-3-4-12-10-13-6-9(15-10)8-5-11-7-14(8)2/h5-7H,3-4H2,1-2H3,(H,12,13). The average molecular weight is 222 g/mol. The molecule has 2 rings (SSSR count). The number of nitrogens with one attached hydrogen (secondary N) is 1. The summed E-state index contributed by atoms with van der Waals surface area (Å²) in [6.45, 7) is 3.11. The van der Waals surface area contributed by atoms with Crippen molar-refractivity contribution in [3.8, 4) is 10.6 Å². The zero-order valence-electron chi connectivity index (χ0n) is 8.90. The van der Waals surface area contributed by atoms with Crippen molar-refractivity contribution in [2.75, 3.05) is 11.9 Å². The lowest BCUT2D eigenvalue weighted by molar-refractivity contribution is 0.923. The van der Waals surface area contributed by atoms with Gasteiger partial charge < -0.3 is 9.88 Å². The van der Waals surface area contributed by atoms with E-state index in [0.717, 1.165) is 28.7 Å². The molecule has 0 saturated carbocycles. The van der Waals surface area contributed by atoms with Crippen LogP contribution in [-0.2, 0) is 7.05 Å². The normalized spacial score (nSPS) is 10.5. The third-order valence-corrected chi connectivity index (χ3v) is 3.08. The molecule has 0 atom stereocenters. The Morgan fingerprint density at radius 2 is 2.33 bits per heavy atom. The van der Waals surface area contributed by atoms with Gasteiger partial charge in [-0.2, -0.15) is 0 Å². The highest BCUT2D eigenvalue weighted by Gasteiger charge is 2.06. The summed E-state index contributed by atoms with van der Waals surface area (Å²) in [5.41, 5.74) is 1.11. The van der Waals surface area contributed by atoms with Crippen LogP contribution in [0.4, 0.5) is 5.13 Å². The van der Waals surface area contributed by atoms with E-state index in [1.165, 1.54) is 0 Å². The van der Waals surface area contributed by atoms with Gasteiger partial charge in [-0.3, -0.25) is 0 Å². The van der Waals surface area contributed by atoms with Crippen LogP contribution in [0.1, 0.15) is 13.3 Å². The number of rotatable bonds is 4. The van der Waals surface area contributed by atoms with Gasteiger partial charge in [-0.15, -0.1) is 0 Å². The SMILES string of the molecule is CCCNc1ncc(-c2cncn2C)s1. The second-order valence-electron chi connectivity index (χ2n) is 3.35. The third-order valence-electron chi connectivity index (χ3n) is 2.10. The van der Waals surface area contributed by atoms with Gasteiger partial charge in [-0.05, 0) is 6.42 Å². The van der Waals surface area contributed by atoms with Gasteiger partial charge in [0.2, 0.25) is 0 Å². The molecule has 0 saturated heterocycles. The Hall–Kier alpha value is -1.36. The van der Waals surface area contributed by atoms with Gasteiger partial charge in [0.15, 0.2) is 5.13 Å². The maximum absolute atomic E-state index is 4.32. The van der Waals surface area contributed by atoms with Crippen LogP contribution in [0, 0.1) is 0 Å². The molecule has 0 aliphatic carbocycles. The fourth-order valence-corrected chi connectivity index (χ4v) is 2.20. The molecule has 0 fully saturated rings. The molecule has 2 aromatic heterocycles. The molecule has 0 spiro atoms. The monoisotopic (exact) mass is 222 g/mol. The van der Waals surface area contributed by atoms with Crippen LogP contribution in [0.5, 0.6) is 0 Å². The zero-order valence-corrected chi connectivity index (χ0v) is 9.71. The first-order chi connectivity index (χ1) is 7.31. The lowest BCUT2D eigenvalue weighted by Gasteiger charge is -1.98. The van der Waals surface area contributed by atoms with Crippen LogP contribution in [0.25, 0.3) is 10.6 Å². The number of nitrogens with zero attached hydrogens (tertiary/aromatic N) is 3. The maximum Gasteiger partial charge on any atom is 0.183 e. The summed E-state index contributed by atoms with van der Waals surface area (Å²) in [5.74, 6) is 0. The van der Waals surface area contributed by atoms with E-state index in [4.69, 9.17) is 0 Å². The number of imidazole rings is 1. The number of hydrogen-bond donors (Lipinski definition) is 1. The summed E-state index contributed by atoms with van der Waals surface area (Å²) in [5, 5.41) is 4.25. The van der Waals surface area contributed by atoms with Crippen molar-refractivity contribution in [2.24, 2.45) is 7.05 Å². The largest absolute Gasteiger partial charge is 0.362 e. The van der Waals surface area contributed by atoms with Gasteiger partial charge >= 0.3 is 0 Å². The summed E-state index contributed by atoms with van der Waals surface area (Å²) in [6.07, 6.45) is 6.66. The van der Waals surface area contributed by atoms with Crippen molar-refractivity contribution in [1.82, 2.24) is 14.5 Å². The Labute approximate surface area is 93.0 Å². The second kappa shape index (κ2) is 4.44. The first kappa shape index (κ1) is 10.2. The molecule has 2 heterocycles. The molecule has 0 aliphatic heterocycles. The molecule has 5 heteroatoms. The summed E-state index contributed by atoms with van der Waals surface area (Å²) < 4.78 is 2.00. The van der Waals surface area contributed by atoms with E-state index in [-0.39, 0.29) is 0 Å². The molecule has 0 aromatic carbocycles.